The highest BCUT2D eigenvalue weighted by Crippen LogP contribution is 2.43. The highest BCUT2D eigenvalue weighted by molar-refractivity contribution is 9.10. The fraction of sp³-hybridized carbons (Fsp3) is 0.625. The number of ether oxygens (including phenoxy) is 1. The number of benzene rings is 1. The van der Waals surface area contributed by atoms with E-state index < -0.39 is 11.6 Å². The van der Waals surface area contributed by atoms with Crippen LogP contribution in [-0.4, -0.2) is 49.4 Å². The van der Waals surface area contributed by atoms with Gasteiger partial charge in [-0.15, -0.1) is 24.8 Å². The van der Waals surface area contributed by atoms with Crippen molar-refractivity contribution < 1.29 is 18.6 Å². The van der Waals surface area contributed by atoms with E-state index in [9.17, 15) is 13.9 Å². The molecule has 9 heteroatoms. The van der Waals surface area contributed by atoms with E-state index in [0.29, 0.717) is 13.2 Å². The molecule has 2 aliphatic heterocycles. The zero-order valence-corrected chi connectivity index (χ0v) is 16.9. The summed E-state index contributed by atoms with van der Waals surface area (Å²) < 4.78 is 34.1. The molecule has 1 atom stereocenters. The van der Waals surface area contributed by atoms with Gasteiger partial charge in [0, 0.05) is 45.4 Å². The van der Waals surface area contributed by atoms with Crippen LogP contribution in [-0.2, 0) is 4.74 Å². The summed E-state index contributed by atoms with van der Waals surface area (Å²) in [5, 5.41) is 13.7. The lowest BCUT2D eigenvalue weighted by Crippen LogP contribution is -2.47. The lowest BCUT2D eigenvalue weighted by atomic mass is 9.84. The minimum atomic E-state index is -0.944. The van der Waals surface area contributed by atoms with Crippen molar-refractivity contribution in [2.45, 2.75) is 18.9 Å². The van der Waals surface area contributed by atoms with E-state index >= 15 is 0 Å². The molecule has 2 N–H and O–H groups in total. The van der Waals surface area contributed by atoms with Gasteiger partial charge >= 0.3 is 0 Å². The maximum atomic E-state index is 14.6. The van der Waals surface area contributed by atoms with Crippen molar-refractivity contribution in [3.05, 3.63) is 27.7 Å². The van der Waals surface area contributed by atoms with E-state index in [1.807, 2.05) is 0 Å². The van der Waals surface area contributed by atoms with Crippen LogP contribution in [0.15, 0.2) is 10.5 Å². The molecule has 2 heterocycles. The van der Waals surface area contributed by atoms with Crippen LogP contribution in [0.2, 0.25) is 0 Å². The molecule has 0 radical (unpaired) electrons. The first kappa shape index (κ1) is 22.9. The molecular weight excluding hydrogens is 441 g/mol. The molecule has 144 valence electrons. The van der Waals surface area contributed by atoms with Crippen LogP contribution in [0.25, 0.3) is 0 Å². The zero-order chi connectivity index (χ0) is 16.4. The molecule has 0 saturated carbocycles. The molecule has 0 bridgehead atoms. The number of phenols is 1. The molecule has 0 spiro atoms. The maximum Gasteiger partial charge on any atom is 0.167 e. The van der Waals surface area contributed by atoms with Gasteiger partial charge in [0.25, 0.3) is 0 Å². The fourth-order valence-corrected chi connectivity index (χ4v) is 4.00. The maximum absolute atomic E-state index is 14.6. The average molecular weight is 464 g/mol. The Labute approximate surface area is 167 Å². The third kappa shape index (κ3) is 4.96. The van der Waals surface area contributed by atoms with Crippen molar-refractivity contribution >= 4 is 40.7 Å². The Hall–Kier alpha value is -0.180. The number of halogens is 5. The SMILES string of the molecule is Cl.Cl.Oc1c(Br)cc(F)c(F)c1[C@@H](C1CCOCC1)N1CCNCC1. The van der Waals surface area contributed by atoms with Gasteiger partial charge in [-0.05, 0) is 40.8 Å². The van der Waals surface area contributed by atoms with Crippen molar-refractivity contribution in [2.75, 3.05) is 39.4 Å². The second-order valence-electron chi connectivity index (χ2n) is 6.10. The highest BCUT2D eigenvalue weighted by atomic mass is 79.9. The van der Waals surface area contributed by atoms with Crippen molar-refractivity contribution in [2.24, 2.45) is 5.92 Å². The Balaban J connectivity index is 0.00000156. The van der Waals surface area contributed by atoms with Gasteiger partial charge in [0.1, 0.15) is 5.75 Å². The second kappa shape index (κ2) is 10.2. The van der Waals surface area contributed by atoms with Gasteiger partial charge in [0.05, 0.1) is 10.0 Å². The minimum absolute atomic E-state index is 0. The fourth-order valence-electron chi connectivity index (χ4n) is 3.58. The first-order valence-electron chi connectivity index (χ1n) is 7.98. The van der Waals surface area contributed by atoms with Crippen molar-refractivity contribution in [3.8, 4) is 5.75 Å². The Kier molecular flexibility index (Phi) is 9.36. The molecule has 1 aromatic rings. The smallest absolute Gasteiger partial charge is 0.167 e. The van der Waals surface area contributed by atoms with Crippen LogP contribution in [0.1, 0.15) is 24.4 Å². The molecule has 25 heavy (non-hydrogen) atoms. The van der Waals surface area contributed by atoms with E-state index in [2.05, 4.69) is 26.1 Å². The predicted octanol–water partition coefficient (Wildman–Crippen LogP) is 3.65. The van der Waals surface area contributed by atoms with Gasteiger partial charge in [0.2, 0.25) is 0 Å². The number of nitrogens with one attached hydrogen (secondary N) is 1. The van der Waals surface area contributed by atoms with E-state index in [1.165, 1.54) is 0 Å². The summed E-state index contributed by atoms with van der Waals surface area (Å²) in [6, 6.07) is 0.639. The molecule has 2 aliphatic rings. The molecule has 0 unspecified atom stereocenters. The number of hydrogen-bond donors (Lipinski definition) is 2. The van der Waals surface area contributed by atoms with Gasteiger partial charge in [-0.2, -0.15) is 0 Å². The highest BCUT2D eigenvalue weighted by Gasteiger charge is 2.36. The molecule has 0 aliphatic carbocycles. The van der Waals surface area contributed by atoms with E-state index in [-0.39, 0.29) is 52.6 Å². The number of aromatic hydroxyl groups is 1. The number of rotatable bonds is 3. The summed E-state index contributed by atoms with van der Waals surface area (Å²) in [6.45, 7) is 4.33. The average Bonchev–Trinajstić information content (AvgIpc) is 2.58. The third-order valence-electron chi connectivity index (χ3n) is 4.73. The van der Waals surface area contributed by atoms with Crippen LogP contribution < -0.4 is 5.32 Å². The van der Waals surface area contributed by atoms with E-state index in [1.54, 1.807) is 0 Å². The number of piperazine rings is 1. The van der Waals surface area contributed by atoms with E-state index in [4.69, 9.17) is 4.74 Å². The van der Waals surface area contributed by atoms with Crippen molar-refractivity contribution in [1.29, 1.82) is 0 Å². The molecule has 0 amide bonds. The largest absolute Gasteiger partial charge is 0.506 e. The molecule has 4 nitrogen and oxygen atoms in total. The number of hydrogen-bond acceptors (Lipinski definition) is 4. The van der Waals surface area contributed by atoms with Gasteiger partial charge in [-0.25, -0.2) is 8.78 Å². The summed E-state index contributed by atoms with van der Waals surface area (Å²) in [5.74, 6) is -1.94. The first-order chi connectivity index (χ1) is 11.1. The molecule has 0 aromatic heterocycles. The monoisotopic (exact) mass is 462 g/mol. The van der Waals surface area contributed by atoms with Crippen LogP contribution in [0, 0.1) is 17.6 Å². The quantitative estimate of drug-likeness (QED) is 0.671. The summed E-state index contributed by atoms with van der Waals surface area (Å²) >= 11 is 3.14. The van der Waals surface area contributed by atoms with Crippen LogP contribution in [0.4, 0.5) is 8.78 Å². The predicted molar refractivity (Wildman–Crippen MR) is 101 cm³/mol. The van der Waals surface area contributed by atoms with Gasteiger partial charge in [0.15, 0.2) is 11.6 Å². The summed E-state index contributed by atoms with van der Waals surface area (Å²) in [6.07, 6.45) is 1.56. The van der Waals surface area contributed by atoms with E-state index in [0.717, 1.165) is 45.1 Å². The Bertz CT molecular complexity index is 527. The zero-order valence-electron chi connectivity index (χ0n) is 13.6. The second-order valence-corrected chi connectivity index (χ2v) is 6.95. The van der Waals surface area contributed by atoms with Crippen LogP contribution >= 0.6 is 40.7 Å². The molecule has 3 rings (SSSR count). The van der Waals surface area contributed by atoms with Gasteiger partial charge < -0.3 is 15.2 Å². The minimum Gasteiger partial charge on any atom is -0.506 e. The lowest BCUT2D eigenvalue weighted by molar-refractivity contribution is 0.0193. The van der Waals surface area contributed by atoms with Crippen LogP contribution in [0.3, 0.4) is 0 Å². The topological polar surface area (TPSA) is 44.7 Å². The molecule has 2 fully saturated rings. The number of nitrogens with zero attached hydrogens (tertiary/aromatic N) is 1. The Morgan fingerprint density at radius 2 is 1.80 bits per heavy atom. The Morgan fingerprint density at radius 3 is 2.40 bits per heavy atom. The van der Waals surface area contributed by atoms with Crippen LogP contribution in [0.5, 0.6) is 5.75 Å². The van der Waals surface area contributed by atoms with Gasteiger partial charge in [-0.1, -0.05) is 0 Å². The standard InChI is InChI=1S/C16H21BrF2N2O2.2ClH/c17-11-9-12(18)14(19)13(16(11)22)15(10-1-7-23-8-2-10)21-5-3-20-4-6-21;;/h9-10,15,20,22H,1-8H2;2*1H/t15-;;/m1../s1. The molecule has 2 saturated heterocycles. The van der Waals surface area contributed by atoms with Crippen molar-refractivity contribution in [1.82, 2.24) is 10.2 Å². The number of phenolic OH excluding ortho intramolecular Hbond substituents is 1. The van der Waals surface area contributed by atoms with Crippen molar-refractivity contribution in [3.63, 3.8) is 0 Å². The summed E-state index contributed by atoms with van der Waals surface area (Å²) in [5.41, 5.74) is 0.0747. The third-order valence-corrected chi connectivity index (χ3v) is 5.34. The first-order valence-corrected chi connectivity index (χ1v) is 8.77. The lowest BCUT2D eigenvalue weighted by Gasteiger charge is -2.41. The molecule has 1 aromatic carbocycles. The Morgan fingerprint density at radius 1 is 1.20 bits per heavy atom. The molecular formula is C16H23BrCl2F2N2O2. The summed E-state index contributed by atoms with van der Waals surface area (Å²) in [4.78, 5) is 2.15. The summed E-state index contributed by atoms with van der Waals surface area (Å²) in [7, 11) is 0. The normalized spacial score (nSPS) is 20.4. The van der Waals surface area contributed by atoms with Gasteiger partial charge in [-0.3, -0.25) is 4.90 Å².